The maximum Gasteiger partial charge on any atom is 0.293 e. The minimum absolute atomic E-state index is 0.274. The van der Waals surface area contributed by atoms with E-state index in [0.717, 1.165) is 20.3 Å². The van der Waals surface area contributed by atoms with Gasteiger partial charge < -0.3 is 4.42 Å². The van der Waals surface area contributed by atoms with Crippen molar-refractivity contribution < 1.29 is 9.21 Å². The summed E-state index contributed by atoms with van der Waals surface area (Å²) in [5.41, 5.74) is 1.53. The Hall–Kier alpha value is -1.66. The summed E-state index contributed by atoms with van der Waals surface area (Å²) < 4.78 is 6.59. The molecule has 2 heterocycles. The molecule has 0 fully saturated rings. The second-order valence-corrected chi connectivity index (χ2v) is 6.58. The molecule has 0 aliphatic rings. The van der Waals surface area contributed by atoms with Crippen LogP contribution in [0, 0.1) is 13.8 Å². The van der Waals surface area contributed by atoms with E-state index in [0.29, 0.717) is 16.5 Å². The van der Waals surface area contributed by atoms with Crippen molar-refractivity contribution in [3.63, 3.8) is 0 Å². The van der Waals surface area contributed by atoms with Gasteiger partial charge in [0.15, 0.2) is 10.9 Å². The van der Waals surface area contributed by atoms with E-state index in [2.05, 4.69) is 26.2 Å². The van der Waals surface area contributed by atoms with Gasteiger partial charge in [0.1, 0.15) is 5.58 Å². The van der Waals surface area contributed by atoms with Gasteiger partial charge in [0.05, 0.1) is 0 Å². The summed E-state index contributed by atoms with van der Waals surface area (Å²) in [7, 11) is 0. The van der Waals surface area contributed by atoms with Gasteiger partial charge in [-0.25, -0.2) is 4.98 Å². The average Bonchev–Trinajstić information content (AvgIpc) is 2.94. The lowest BCUT2D eigenvalue weighted by molar-refractivity contribution is 0.0998. The van der Waals surface area contributed by atoms with Crippen LogP contribution in [0.1, 0.15) is 21.0 Å². The predicted molar refractivity (Wildman–Crippen MR) is 83.5 cm³/mol. The van der Waals surface area contributed by atoms with Crippen LogP contribution in [0.2, 0.25) is 0 Å². The predicted octanol–water partition coefficient (Wildman–Crippen LogP) is 4.52. The number of carbonyl (C=O) groups excluding carboxylic acids is 1. The first kappa shape index (κ1) is 13.3. The lowest BCUT2D eigenvalue weighted by Crippen LogP contribution is -2.11. The molecule has 20 heavy (non-hydrogen) atoms. The van der Waals surface area contributed by atoms with Crippen LogP contribution in [-0.4, -0.2) is 10.9 Å². The van der Waals surface area contributed by atoms with Gasteiger partial charge in [-0.2, -0.15) is 0 Å². The van der Waals surface area contributed by atoms with E-state index >= 15 is 0 Å². The van der Waals surface area contributed by atoms with Crippen molar-refractivity contribution in [2.24, 2.45) is 0 Å². The van der Waals surface area contributed by atoms with Crippen LogP contribution < -0.4 is 5.32 Å². The number of hydrogen-bond donors (Lipinski definition) is 1. The smallest absolute Gasteiger partial charge is 0.293 e. The first-order chi connectivity index (χ1) is 9.54. The molecule has 1 aromatic carbocycles. The number of aromatic nitrogens is 1. The number of nitrogens with zero attached hydrogens (tertiary/aromatic N) is 1. The van der Waals surface area contributed by atoms with Crippen LogP contribution in [0.4, 0.5) is 5.13 Å². The summed E-state index contributed by atoms with van der Waals surface area (Å²) in [6.07, 6.45) is 1.73. The SMILES string of the molecule is Cc1cnc(NC(=O)c2oc3ccc(Br)cc3c2C)s1. The van der Waals surface area contributed by atoms with Crippen molar-refractivity contribution in [2.45, 2.75) is 13.8 Å². The molecular formula is C14H11BrN2O2S. The molecule has 0 atom stereocenters. The summed E-state index contributed by atoms with van der Waals surface area (Å²) in [5, 5.41) is 4.27. The molecule has 4 nitrogen and oxygen atoms in total. The summed E-state index contributed by atoms with van der Waals surface area (Å²) >= 11 is 4.85. The van der Waals surface area contributed by atoms with Gasteiger partial charge in [-0.1, -0.05) is 15.9 Å². The fourth-order valence-corrected chi connectivity index (χ4v) is 3.00. The van der Waals surface area contributed by atoms with Crippen molar-refractivity contribution >= 4 is 49.3 Å². The van der Waals surface area contributed by atoms with Crippen LogP contribution in [0.3, 0.4) is 0 Å². The number of anilines is 1. The number of hydrogen-bond acceptors (Lipinski definition) is 4. The van der Waals surface area contributed by atoms with Gasteiger partial charge >= 0.3 is 0 Å². The first-order valence-electron chi connectivity index (χ1n) is 5.97. The molecule has 0 aliphatic carbocycles. The Bertz CT molecular complexity index is 807. The van der Waals surface area contributed by atoms with Crippen LogP contribution in [0.15, 0.2) is 33.3 Å². The second-order valence-electron chi connectivity index (χ2n) is 4.43. The third-order valence-electron chi connectivity index (χ3n) is 2.95. The second kappa shape index (κ2) is 5.03. The molecule has 102 valence electrons. The lowest BCUT2D eigenvalue weighted by Gasteiger charge is -1.98. The fourth-order valence-electron chi connectivity index (χ4n) is 1.98. The van der Waals surface area contributed by atoms with E-state index < -0.39 is 0 Å². The van der Waals surface area contributed by atoms with E-state index in [9.17, 15) is 4.79 Å². The number of fused-ring (bicyclic) bond motifs is 1. The number of nitrogens with one attached hydrogen (secondary N) is 1. The Morgan fingerprint density at radius 1 is 1.40 bits per heavy atom. The highest BCUT2D eigenvalue weighted by molar-refractivity contribution is 9.10. The fraction of sp³-hybridized carbons (Fsp3) is 0.143. The maximum absolute atomic E-state index is 12.2. The van der Waals surface area contributed by atoms with Crippen molar-refractivity contribution in [2.75, 3.05) is 5.32 Å². The average molecular weight is 351 g/mol. The number of carbonyl (C=O) groups is 1. The van der Waals surface area contributed by atoms with Crippen molar-refractivity contribution in [3.05, 3.63) is 45.1 Å². The number of benzene rings is 1. The van der Waals surface area contributed by atoms with Gasteiger partial charge in [-0.15, -0.1) is 11.3 Å². The molecule has 6 heteroatoms. The lowest BCUT2D eigenvalue weighted by atomic mass is 10.1. The highest BCUT2D eigenvalue weighted by Crippen LogP contribution is 2.29. The number of amides is 1. The molecular weight excluding hydrogens is 340 g/mol. The molecule has 3 aromatic rings. The standard InChI is InChI=1S/C14H11BrN2O2S/c1-7-6-16-14(20-7)17-13(18)12-8(2)10-5-9(15)3-4-11(10)19-12/h3-6H,1-2H3,(H,16,17,18). The molecule has 0 bridgehead atoms. The van der Waals surface area contributed by atoms with Gasteiger partial charge in [-0.3, -0.25) is 10.1 Å². The van der Waals surface area contributed by atoms with E-state index in [1.807, 2.05) is 32.0 Å². The molecule has 1 amide bonds. The monoisotopic (exact) mass is 350 g/mol. The molecule has 0 aliphatic heterocycles. The van der Waals surface area contributed by atoms with E-state index in [1.165, 1.54) is 11.3 Å². The summed E-state index contributed by atoms with van der Waals surface area (Å²) in [6.45, 7) is 3.82. The third kappa shape index (κ3) is 2.36. The quantitative estimate of drug-likeness (QED) is 0.739. The normalized spacial score (nSPS) is 10.9. The zero-order valence-corrected chi connectivity index (χ0v) is 13.3. The summed E-state index contributed by atoms with van der Waals surface area (Å²) in [5.74, 6) is 0.0510. The number of rotatable bonds is 2. The zero-order valence-electron chi connectivity index (χ0n) is 10.9. The Morgan fingerprint density at radius 3 is 2.90 bits per heavy atom. The topological polar surface area (TPSA) is 55.1 Å². The Morgan fingerprint density at radius 2 is 2.20 bits per heavy atom. The largest absolute Gasteiger partial charge is 0.451 e. The minimum atomic E-state index is -0.274. The van der Waals surface area contributed by atoms with Crippen molar-refractivity contribution in [3.8, 4) is 0 Å². The van der Waals surface area contributed by atoms with Crippen LogP contribution in [0.25, 0.3) is 11.0 Å². The Balaban J connectivity index is 1.97. The first-order valence-corrected chi connectivity index (χ1v) is 7.58. The van der Waals surface area contributed by atoms with Crippen molar-refractivity contribution in [1.29, 1.82) is 0 Å². The van der Waals surface area contributed by atoms with Crippen LogP contribution >= 0.6 is 27.3 Å². The molecule has 0 saturated carbocycles. The Labute approximate surface area is 127 Å². The molecule has 0 spiro atoms. The molecule has 3 rings (SSSR count). The van der Waals surface area contributed by atoms with Crippen LogP contribution in [0.5, 0.6) is 0 Å². The number of halogens is 1. The molecule has 1 N–H and O–H groups in total. The number of aryl methyl sites for hydroxylation is 2. The summed E-state index contributed by atoms with van der Waals surface area (Å²) in [6, 6.07) is 5.67. The minimum Gasteiger partial charge on any atom is -0.451 e. The number of furan rings is 1. The highest BCUT2D eigenvalue weighted by Gasteiger charge is 2.18. The van der Waals surface area contributed by atoms with Gasteiger partial charge in [-0.05, 0) is 32.0 Å². The zero-order chi connectivity index (χ0) is 14.3. The van der Waals surface area contributed by atoms with E-state index in [-0.39, 0.29) is 5.91 Å². The molecule has 0 unspecified atom stereocenters. The van der Waals surface area contributed by atoms with Crippen LogP contribution in [-0.2, 0) is 0 Å². The number of thiazole rings is 1. The van der Waals surface area contributed by atoms with Gasteiger partial charge in [0.25, 0.3) is 5.91 Å². The van der Waals surface area contributed by atoms with E-state index in [1.54, 1.807) is 6.20 Å². The maximum atomic E-state index is 12.2. The van der Waals surface area contributed by atoms with E-state index in [4.69, 9.17) is 4.42 Å². The summed E-state index contributed by atoms with van der Waals surface area (Å²) in [4.78, 5) is 17.4. The van der Waals surface area contributed by atoms with Crippen molar-refractivity contribution in [1.82, 2.24) is 4.98 Å². The third-order valence-corrected chi connectivity index (χ3v) is 4.27. The van der Waals surface area contributed by atoms with Gasteiger partial charge in [0, 0.05) is 26.5 Å². The molecule has 0 saturated heterocycles. The van der Waals surface area contributed by atoms with Gasteiger partial charge in [0.2, 0.25) is 0 Å². The highest BCUT2D eigenvalue weighted by atomic mass is 79.9. The molecule has 2 aromatic heterocycles. The Kier molecular flexibility index (Phi) is 3.35. The molecule has 0 radical (unpaired) electrons.